The van der Waals surface area contributed by atoms with E-state index in [9.17, 15) is 14.4 Å². The van der Waals surface area contributed by atoms with Gasteiger partial charge in [-0.1, -0.05) is 0 Å². The molecule has 1 saturated carbocycles. The summed E-state index contributed by atoms with van der Waals surface area (Å²) >= 11 is 0. The summed E-state index contributed by atoms with van der Waals surface area (Å²) in [6.07, 6.45) is 2.07. The minimum absolute atomic E-state index is 0.0829. The molecule has 7 heteroatoms. The van der Waals surface area contributed by atoms with Gasteiger partial charge < -0.3 is 20.5 Å². The van der Waals surface area contributed by atoms with Crippen LogP contribution in [0.2, 0.25) is 0 Å². The van der Waals surface area contributed by atoms with Gasteiger partial charge in [-0.15, -0.1) is 0 Å². The van der Waals surface area contributed by atoms with Gasteiger partial charge in [0.05, 0.1) is 6.04 Å². The number of hydrogen-bond donors (Lipinski definition) is 3. The molecule has 3 N–H and O–H groups in total. The van der Waals surface area contributed by atoms with E-state index in [0.717, 1.165) is 12.8 Å². The van der Waals surface area contributed by atoms with Crippen LogP contribution in [0.25, 0.3) is 0 Å². The summed E-state index contributed by atoms with van der Waals surface area (Å²) in [5.41, 5.74) is -0.764. The molecule has 2 rings (SSSR count). The lowest BCUT2D eigenvalue weighted by atomic mass is 9.94. The average molecular weight is 312 g/mol. The molecule has 7 nitrogen and oxygen atoms in total. The van der Waals surface area contributed by atoms with Gasteiger partial charge in [0, 0.05) is 11.5 Å². The third kappa shape index (κ3) is 4.19. The van der Waals surface area contributed by atoms with Crippen molar-refractivity contribution < 1.29 is 24.2 Å². The first-order valence-electron chi connectivity index (χ1n) is 7.59. The van der Waals surface area contributed by atoms with E-state index in [1.165, 1.54) is 0 Å². The van der Waals surface area contributed by atoms with Gasteiger partial charge in [0.25, 0.3) is 0 Å². The van der Waals surface area contributed by atoms with Gasteiger partial charge >= 0.3 is 6.09 Å². The molecule has 0 unspecified atom stereocenters. The molecular formula is C15H24N2O5. The van der Waals surface area contributed by atoms with Crippen molar-refractivity contribution in [2.24, 2.45) is 5.92 Å². The summed E-state index contributed by atoms with van der Waals surface area (Å²) < 4.78 is 5.12. The third-order valence-corrected chi connectivity index (χ3v) is 4.01. The Morgan fingerprint density at radius 1 is 1.45 bits per heavy atom. The van der Waals surface area contributed by atoms with Crippen LogP contribution >= 0.6 is 0 Å². The number of hydrogen-bond acceptors (Lipinski definition) is 5. The molecule has 124 valence electrons. The van der Waals surface area contributed by atoms with Gasteiger partial charge in [-0.25, -0.2) is 4.79 Å². The number of nitrogens with one attached hydrogen (secondary N) is 2. The van der Waals surface area contributed by atoms with Gasteiger partial charge in [0.2, 0.25) is 5.91 Å². The van der Waals surface area contributed by atoms with Gasteiger partial charge in [-0.2, -0.15) is 0 Å². The monoisotopic (exact) mass is 312 g/mol. The number of alkyl carbamates (subject to hydrolysis) is 1. The number of ketones is 1. The first kappa shape index (κ1) is 16.7. The molecule has 0 bridgehead atoms. The zero-order chi connectivity index (χ0) is 16.5. The highest BCUT2D eigenvalue weighted by Gasteiger charge is 2.52. The van der Waals surface area contributed by atoms with Crippen LogP contribution in [0, 0.1) is 5.92 Å². The second-order valence-electron chi connectivity index (χ2n) is 7.23. The molecule has 2 aliphatic rings. The molecule has 0 aromatic heterocycles. The van der Waals surface area contributed by atoms with E-state index >= 15 is 0 Å². The van der Waals surface area contributed by atoms with E-state index in [1.54, 1.807) is 20.8 Å². The molecule has 2 amide bonds. The largest absolute Gasteiger partial charge is 0.444 e. The molecule has 1 heterocycles. The first-order valence-corrected chi connectivity index (χ1v) is 7.59. The molecule has 0 aromatic rings. The topological polar surface area (TPSA) is 105 Å². The SMILES string of the molecule is CC(C)(C)OC(=O)N[C@@H](C[C@H]1CC2(CC2)NC1=O)C(=O)CO. The maximum Gasteiger partial charge on any atom is 0.408 e. The number of carbonyl (C=O) groups excluding carboxylic acids is 3. The van der Waals surface area contributed by atoms with E-state index in [-0.39, 0.29) is 23.8 Å². The van der Waals surface area contributed by atoms with Crippen LogP contribution in [-0.2, 0) is 14.3 Å². The van der Waals surface area contributed by atoms with Gasteiger partial charge in [-0.05, 0) is 46.5 Å². The predicted octanol–water partition coefficient (Wildman–Crippen LogP) is 0.500. The number of aliphatic hydroxyl groups excluding tert-OH is 1. The quantitative estimate of drug-likeness (QED) is 0.685. The van der Waals surface area contributed by atoms with Crippen LogP contribution in [0.5, 0.6) is 0 Å². The van der Waals surface area contributed by atoms with E-state index < -0.39 is 30.1 Å². The lowest BCUT2D eigenvalue weighted by Crippen LogP contribution is -2.46. The summed E-state index contributed by atoms with van der Waals surface area (Å²) in [6.45, 7) is 4.48. The smallest absolute Gasteiger partial charge is 0.408 e. The van der Waals surface area contributed by atoms with Crippen molar-refractivity contribution in [3.63, 3.8) is 0 Å². The van der Waals surface area contributed by atoms with E-state index in [4.69, 9.17) is 9.84 Å². The Morgan fingerprint density at radius 2 is 2.09 bits per heavy atom. The Balaban J connectivity index is 1.96. The average Bonchev–Trinajstić information content (AvgIpc) is 3.05. The molecule has 1 spiro atoms. The molecule has 1 aliphatic heterocycles. The third-order valence-electron chi connectivity index (χ3n) is 4.01. The Hall–Kier alpha value is -1.63. The summed E-state index contributed by atoms with van der Waals surface area (Å²) in [4.78, 5) is 35.6. The van der Waals surface area contributed by atoms with Crippen molar-refractivity contribution in [3.05, 3.63) is 0 Å². The molecular weight excluding hydrogens is 288 g/mol. The van der Waals surface area contributed by atoms with Crippen LogP contribution in [0.4, 0.5) is 4.79 Å². The Bertz CT molecular complexity index is 479. The fourth-order valence-corrected chi connectivity index (χ4v) is 2.76. The summed E-state index contributed by atoms with van der Waals surface area (Å²) in [5.74, 6) is -0.924. The minimum Gasteiger partial charge on any atom is -0.444 e. The number of amides is 2. The van der Waals surface area contributed by atoms with E-state index in [0.29, 0.717) is 6.42 Å². The van der Waals surface area contributed by atoms with E-state index in [2.05, 4.69) is 10.6 Å². The van der Waals surface area contributed by atoms with Crippen molar-refractivity contribution in [3.8, 4) is 0 Å². The fraction of sp³-hybridized carbons (Fsp3) is 0.800. The van der Waals surface area contributed by atoms with Crippen LogP contribution in [0.3, 0.4) is 0 Å². The maximum atomic E-state index is 12.0. The van der Waals surface area contributed by atoms with Crippen molar-refractivity contribution in [1.82, 2.24) is 10.6 Å². The highest BCUT2D eigenvalue weighted by Crippen LogP contribution is 2.46. The normalized spacial score (nSPS) is 23.8. The first-order chi connectivity index (χ1) is 10.1. The molecule has 22 heavy (non-hydrogen) atoms. The Labute approximate surface area is 129 Å². The van der Waals surface area contributed by atoms with Gasteiger partial charge in [0.1, 0.15) is 12.2 Å². The standard InChI is InChI=1S/C15H24N2O5/c1-14(2,3)22-13(21)16-10(11(19)8-18)6-9-7-15(4-5-15)17-12(9)20/h9-10,18H,4-8H2,1-3H3,(H,16,21)(H,17,20)/t9-,10-/m0/s1. The van der Waals surface area contributed by atoms with Crippen LogP contribution in [0.1, 0.15) is 46.5 Å². The van der Waals surface area contributed by atoms with Crippen molar-refractivity contribution in [2.75, 3.05) is 6.61 Å². The fourth-order valence-electron chi connectivity index (χ4n) is 2.76. The highest BCUT2D eigenvalue weighted by atomic mass is 16.6. The molecule has 0 radical (unpaired) electrons. The molecule has 2 atom stereocenters. The summed E-state index contributed by atoms with van der Waals surface area (Å²) in [5, 5.41) is 14.5. The van der Waals surface area contributed by atoms with Crippen LogP contribution in [0.15, 0.2) is 0 Å². The van der Waals surface area contributed by atoms with Gasteiger partial charge in [0.15, 0.2) is 5.78 Å². The molecule has 1 saturated heterocycles. The van der Waals surface area contributed by atoms with Crippen LogP contribution in [-0.4, -0.2) is 46.7 Å². The van der Waals surface area contributed by atoms with Crippen LogP contribution < -0.4 is 10.6 Å². The number of carbonyl (C=O) groups is 3. The zero-order valence-electron chi connectivity index (χ0n) is 13.3. The number of ether oxygens (including phenoxy) is 1. The number of rotatable bonds is 5. The van der Waals surface area contributed by atoms with Crippen molar-refractivity contribution >= 4 is 17.8 Å². The maximum absolute atomic E-state index is 12.0. The van der Waals surface area contributed by atoms with Gasteiger partial charge in [-0.3, -0.25) is 9.59 Å². The lowest BCUT2D eigenvalue weighted by molar-refractivity contribution is -0.125. The zero-order valence-corrected chi connectivity index (χ0v) is 13.3. The minimum atomic E-state index is -0.913. The Morgan fingerprint density at radius 3 is 2.55 bits per heavy atom. The molecule has 1 aliphatic carbocycles. The van der Waals surface area contributed by atoms with E-state index in [1.807, 2.05) is 0 Å². The molecule has 2 fully saturated rings. The number of aliphatic hydroxyl groups is 1. The summed E-state index contributed by atoms with van der Waals surface area (Å²) in [7, 11) is 0. The summed E-state index contributed by atoms with van der Waals surface area (Å²) in [6, 6.07) is -0.913. The second-order valence-corrected chi connectivity index (χ2v) is 7.23. The Kier molecular flexibility index (Phi) is 4.47. The lowest BCUT2D eigenvalue weighted by Gasteiger charge is -2.23. The highest BCUT2D eigenvalue weighted by molar-refractivity contribution is 5.90. The number of Topliss-reactive ketones (excluding diaryl/α,β-unsaturated/α-hetero) is 1. The van der Waals surface area contributed by atoms with Crippen molar-refractivity contribution in [1.29, 1.82) is 0 Å². The second kappa shape index (κ2) is 5.87. The molecule has 0 aromatic carbocycles. The predicted molar refractivity (Wildman–Crippen MR) is 78.1 cm³/mol. The van der Waals surface area contributed by atoms with Crippen molar-refractivity contribution in [2.45, 2.75) is 63.6 Å².